The minimum atomic E-state index is -2.89. The molecule has 74 valence electrons. The third-order valence-corrected chi connectivity index (χ3v) is 2.46. The number of rotatable bonds is 4. The topological polar surface area (TPSA) is 90.9 Å². The first-order valence-electron chi connectivity index (χ1n) is 3.81. The Morgan fingerprint density at radius 2 is 2.31 bits per heavy atom. The highest BCUT2D eigenvalue weighted by Crippen LogP contribution is 1.95. The lowest BCUT2D eigenvalue weighted by molar-refractivity contribution is 0.525. The number of nitrogens with two attached hydrogens (primary N) is 1. The van der Waals surface area contributed by atoms with Crippen LogP contribution in [0.15, 0.2) is 6.20 Å². The third kappa shape index (κ3) is 3.88. The summed E-state index contributed by atoms with van der Waals surface area (Å²) < 4.78 is 21.5. The number of hydrogen-bond donors (Lipinski definition) is 1. The molecule has 0 spiro atoms. The smallest absolute Gasteiger partial charge is 0.165 e. The molecular formula is C6H12N4O2S. The van der Waals surface area contributed by atoms with Crippen molar-refractivity contribution >= 4 is 15.7 Å². The Morgan fingerprint density at radius 3 is 2.77 bits per heavy atom. The molecule has 1 aromatic rings. The average molecular weight is 204 g/mol. The number of aryl methyl sites for hydroxylation is 1. The molecule has 0 saturated carbocycles. The van der Waals surface area contributed by atoms with Crippen LogP contribution in [0.2, 0.25) is 0 Å². The monoisotopic (exact) mass is 204 g/mol. The lowest BCUT2D eigenvalue weighted by Crippen LogP contribution is -2.09. The fraction of sp³-hybridized carbons (Fsp3) is 0.667. The Bertz CT molecular complexity index is 370. The molecule has 0 unspecified atom stereocenters. The van der Waals surface area contributed by atoms with E-state index >= 15 is 0 Å². The molecule has 0 saturated heterocycles. The lowest BCUT2D eigenvalue weighted by atomic mass is 10.5. The second-order valence-corrected chi connectivity index (χ2v) is 5.11. The summed E-state index contributed by atoms with van der Waals surface area (Å²) in [6.45, 7) is 0.476. The SMILES string of the molecule is CS(=O)(=O)CCCn1ncc(N)n1. The molecule has 1 aromatic heterocycles. The zero-order valence-electron chi connectivity index (χ0n) is 7.34. The fourth-order valence-corrected chi connectivity index (χ4v) is 1.54. The van der Waals surface area contributed by atoms with Gasteiger partial charge in [0.2, 0.25) is 0 Å². The predicted molar refractivity (Wildman–Crippen MR) is 48.8 cm³/mol. The molecule has 2 N–H and O–H groups in total. The van der Waals surface area contributed by atoms with Crippen molar-refractivity contribution in [3.05, 3.63) is 6.20 Å². The maximum atomic E-state index is 10.8. The molecule has 0 radical (unpaired) electrons. The average Bonchev–Trinajstić information content (AvgIpc) is 2.33. The lowest BCUT2D eigenvalue weighted by Gasteiger charge is -1.97. The number of nitrogen functional groups attached to an aromatic ring is 1. The maximum Gasteiger partial charge on any atom is 0.165 e. The maximum absolute atomic E-state index is 10.8. The van der Waals surface area contributed by atoms with Gasteiger partial charge in [0.05, 0.1) is 18.5 Å². The van der Waals surface area contributed by atoms with Crippen LogP contribution in [0.5, 0.6) is 0 Å². The number of nitrogens with zero attached hydrogens (tertiary/aromatic N) is 3. The Labute approximate surface area is 76.7 Å². The van der Waals surface area contributed by atoms with E-state index in [0.717, 1.165) is 0 Å². The highest BCUT2D eigenvalue weighted by molar-refractivity contribution is 7.90. The molecule has 0 aromatic carbocycles. The summed E-state index contributed by atoms with van der Waals surface area (Å²) in [4.78, 5) is 1.39. The Kier molecular flexibility index (Phi) is 2.86. The van der Waals surface area contributed by atoms with Crippen molar-refractivity contribution in [1.29, 1.82) is 0 Å². The Balaban J connectivity index is 2.36. The van der Waals surface area contributed by atoms with E-state index < -0.39 is 9.84 Å². The zero-order chi connectivity index (χ0) is 9.90. The van der Waals surface area contributed by atoms with E-state index in [4.69, 9.17) is 5.73 Å². The van der Waals surface area contributed by atoms with Gasteiger partial charge in [-0.1, -0.05) is 0 Å². The van der Waals surface area contributed by atoms with Crippen molar-refractivity contribution in [2.45, 2.75) is 13.0 Å². The number of anilines is 1. The molecule has 0 fully saturated rings. The van der Waals surface area contributed by atoms with E-state index in [1.807, 2.05) is 0 Å². The molecule has 13 heavy (non-hydrogen) atoms. The van der Waals surface area contributed by atoms with E-state index in [-0.39, 0.29) is 5.75 Å². The van der Waals surface area contributed by atoms with Crippen molar-refractivity contribution in [2.24, 2.45) is 0 Å². The summed E-state index contributed by atoms with van der Waals surface area (Å²) in [5, 5.41) is 7.64. The van der Waals surface area contributed by atoms with Gasteiger partial charge in [-0.25, -0.2) is 8.42 Å². The van der Waals surface area contributed by atoms with Gasteiger partial charge in [0, 0.05) is 6.26 Å². The second-order valence-electron chi connectivity index (χ2n) is 2.85. The van der Waals surface area contributed by atoms with Crippen molar-refractivity contribution in [3.8, 4) is 0 Å². The molecule has 0 aliphatic heterocycles. The molecule has 0 aliphatic carbocycles. The summed E-state index contributed by atoms with van der Waals surface area (Å²) in [5.41, 5.74) is 5.32. The summed E-state index contributed by atoms with van der Waals surface area (Å²) in [6.07, 6.45) is 3.14. The zero-order valence-corrected chi connectivity index (χ0v) is 8.16. The summed E-state index contributed by atoms with van der Waals surface area (Å²) in [5.74, 6) is 0.494. The minimum Gasteiger partial charge on any atom is -0.381 e. The van der Waals surface area contributed by atoms with Gasteiger partial charge in [-0.15, -0.1) is 5.10 Å². The molecule has 7 heteroatoms. The predicted octanol–water partition coefficient (Wildman–Crippen LogP) is -0.705. The van der Waals surface area contributed by atoms with Crippen LogP contribution in [0.4, 0.5) is 5.82 Å². The Morgan fingerprint density at radius 1 is 1.62 bits per heavy atom. The van der Waals surface area contributed by atoms with Crippen LogP contribution in [0, 0.1) is 0 Å². The van der Waals surface area contributed by atoms with Crippen LogP contribution in [0.3, 0.4) is 0 Å². The van der Waals surface area contributed by atoms with E-state index in [2.05, 4.69) is 10.2 Å². The normalized spacial score (nSPS) is 11.8. The van der Waals surface area contributed by atoms with Crippen LogP contribution in [0.1, 0.15) is 6.42 Å². The quantitative estimate of drug-likeness (QED) is 0.700. The number of hydrogen-bond acceptors (Lipinski definition) is 5. The molecule has 6 nitrogen and oxygen atoms in total. The minimum absolute atomic E-state index is 0.147. The fourth-order valence-electron chi connectivity index (χ4n) is 0.887. The van der Waals surface area contributed by atoms with Gasteiger partial charge < -0.3 is 5.73 Å². The third-order valence-electron chi connectivity index (χ3n) is 1.43. The van der Waals surface area contributed by atoms with Crippen molar-refractivity contribution in [2.75, 3.05) is 17.7 Å². The molecule has 0 atom stereocenters. The first kappa shape index (κ1) is 9.97. The molecule has 0 bridgehead atoms. The molecule has 1 heterocycles. The molecule has 0 aliphatic rings. The van der Waals surface area contributed by atoms with E-state index in [1.165, 1.54) is 17.2 Å². The largest absolute Gasteiger partial charge is 0.381 e. The summed E-state index contributed by atoms with van der Waals surface area (Å²) in [6, 6.07) is 0. The van der Waals surface area contributed by atoms with Crippen LogP contribution < -0.4 is 5.73 Å². The Hall–Kier alpha value is -1.11. The molecule has 0 amide bonds. The van der Waals surface area contributed by atoms with Crippen LogP contribution in [-0.2, 0) is 16.4 Å². The van der Waals surface area contributed by atoms with Crippen molar-refractivity contribution in [1.82, 2.24) is 15.0 Å². The van der Waals surface area contributed by atoms with Gasteiger partial charge in [0.25, 0.3) is 0 Å². The van der Waals surface area contributed by atoms with Crippen LogP contribution >= 0.6 is 0 Å². The summed E-state index contributed by atoms with van der Waals surface area (Å²) in [7, 11) is -2.89. The van der Waals surface area contributed by atoms with Gasteiger partial charge in [0.1, 0.15) is 9.84 Å². The highest BCUT2D eigenvalue weighted by Gasteiger charge is 2.02. The van der Waals surface area contributed by atoms with E-state index in [0.29, 0.717) is 18.8 Å². The highest BCUT2D eigenvalue weighted by atomic mass is 32.2. The second kappa shape index (κ2) is 3.73. The van der Waals surface area contributed by atoms with Crippen molar-refractivity contribution < 1.29 is 8.42 Å². The van der Waals surface area contributed by atoms with Gasteiger partial charge in [-0.2, -0.15) is 9.90 Å². The van der Waals surface area contributed by atoms with E-state index in [9.17, 15) is 8.42 Å². The van der Waals surface area contributed by atoms with Gasteiger partial charge in [0.15, 0.2) is 5.82 Å². The van der Waals surface area contributed by atoms with Crippen molar-refractivity contribution in [3.63, 3.8) is 0 Å². The van der Waals surface area contributed by atoms with Gasteiger partial charge in [-0.3, -0.25) is 0 Å². The van der Waals surface area contributed by atoms with E-state index in [1.54, 1.807) is 0 Å². The molecular weight excluding hydrogens is 192 g/mol. The van der Waals surface area contributed by atoms with Gasteiger partial charge >= 0.3 is 0 Å². The number of sulfone groups is 1. The number of aromatic nitrogens is 3. The molecule has 1 rings (SSSR count). The summed E-state index contributed by atoms with van der Waals surface area (Å²) >= 11 is 0. The van der Waals surface area contributed by atoms with Crippen LogP contribution in [0.25, 0.3) is 0 Å². The standard InChI is InChI=1S/C6H12N4O2S/c1-13(11,12)4-2-3-10-8-5-6(7)9-10/h5H,2-4H2,1H3,(H2,7,9). The van der Waals surface area contributed by atoms with Crippen LogP contribution in [-0.4, -0.2) is 35.4 Å². The van der Waals surface area contributed by atoms with Gasteiger partial charge in [-0.05, 0) is 6.42 Å². The first-order valence-corrected chi connectivity index (χ1v) is 5.87. The first-order chi connectivity index (χ1) is 5.97.